The van der Waals surface area contributed by atoms with Gasteiger partial charge in [-0.25, -0.2) is 0 Å². The summed E-state index contributed by atoms with van der Waals surface area (Å²) in [7, 11) is 1.59. The number of methoxy groups -OCH3 is 1. The van der Waals surface area contributed by atoms with Crippen molar-refractivity contribution in [2.24, 2.45) is 0 Å². The third-order valence-corrected chi connectivity index (χ3v) is 3.64. The number of benzene rings is 1. The third-order valence-electron chi connectivity index (χ3n) is 3.64. The maximum atomic E-state index is 12.3. The van der Waals surface area contributed by atoms with Crippen molar-refractivity contribution in [2.75, 3.05) is 39.8 Å². The van der Waals surface area contributed by atoms with Crippen molar-refractivity contribution >= 4 is 11.9 Å². The first-order chi connectivity index (χ1) is 10.1. The van der Waals surface area contributed by atoms with Crippen molar-refractivity contribution in [3.63, 3.8) is 0 Å². The Balaban J connectivity index is 1.86. The smallest absolute Gasteiger partial charge is 0.304 e. The van der Waals surface area contributed by atoms with E-state index in [0.29, 0.717) is 25.2 Å². The number of ether oxygens (including phenoxy) is 1. The van der Waals surface area contributed by atoms with Crippen molar-refractivity contribution < 1.29 is 19.4 Å². The Labute approximate surface area is 123 Å². The number of carbonyl (C=O) groups is 2. The quantitative estimate of drug-likeness (QED) is 0.874. The second kappa shape index (κ2) is 7.08. The Morgan fingerprint density at radius 2 is 1.76 bits per heavy atom. The lowest BCUT2D eigenvalue weighted by atomic mass is 10.1. The molecule has 0 bridgehead atoms. The summed E-state index contributed by atoms with van der Waals surface area (Å²) in [5.41, 5.74) is 0.648. The van der Waals surface area contributed by atoms with Gasteiger partial charge in [0.25, 0.3) is 5.91 Å². The molecule has 6 heteroatoms. The minimum absolute atomic E-state index is 0.00976. The Morgan fingerprint density at radius 1 is 1.14 bits per heavy atom. The van der Waals surface area contributed by atoms with Crippen molar-refractivity contribution in [2.45, 2.75) is 6.42 Å². The maximum Gasteiger partial charge on any atom is 0.304 e. The van der Waals surface area contributed by atoms with Crippen molar-refractivity contribution in [3.05, 3.63) is 29.8 Å². The summed E-state index contributed by atoms with van der Waals surface area (Å²) in [5, 5.41) is 8.67. The lowest BCUT2D eigenvalue weighted by Gasteiger charge is -2.34. The molecule has 21 heavy (non-hydrogen) atoms. The van der Waals surface area contributed by atoms with E-state index in [2.05, 4.69) is 4.90 Å². The van der Waals surface area contributed by atoms with Crippen LogP contribution in [0.4, 0.5) is 0 Å². The number of piperazine rings is 1. The Hall–Kier alpha value is -2.08. The number of carboxylic acid groups (broad SMARTS) is 1. The van der Waals surface area contributed by atoms with Crippen LogP contribution in [0.2, 0.25) is 0 Å². The van der Waals surface area contributed by atoms with Crippen LogP contribution in [0, 0.1) is 0 Å². The molecule has 1 aliphatic heterocycles. The highest BCUT2D eigenvalue weighted by molar-refractivity contribution is 5.94. The first-order valence-electron chi connectivity index (χ1n) is 6.97. The van der Waals surface area contributed by atoms with E-state index < -0.39 is 5.97 Å². The van der Waals surface area contributed by atoms with E-state index in [9.17, 15) is 9.59 Å². The normalized spacial score (nSPS) is 15.8. The Bertz CT molecular complexity index is 493. The van der Waals surface area contributed by atoms with E-state index in [1.807, 2.05) is 0 Å². The van der Waals surface area contributed by atoms with E-state index >= 15 is 0 Å². The summed E-state index contributed by atoms with van der Waals surface area (Å²) in [4.78, 5) is 26.8. The molecule has 114 valence electrons. The van der Waals surface area contributed by atoms with Crippen LogP contribution in [-0.2, 0) is 4.79 Å². The maximum absolute atomic E-state index is 12.3. The van der Waals surface area contributed by atoms with Crippen LogP contribution in [0.3, 0.4) is 0 Å². The van der Waals surface area contributed by atoms with Gasteiger partial charge in [-0.3, -0.25) is 14.5 Å². The highest BCUT2D eigenvalue weighted by Gasteiger charge is 2.22. The molecule has 0 spiro atoms. The number of amides is 1. The summed E-state index contributed by atoms with van der Waals surface area (Å²) in [6.45, 7) is 3.24. The van der Waals surface area contributed by atoms with Gasteiger partial charge in [-0.05, 0) is 24.3 Å². The summed E-state index contributed by atoms with van der Waals surface area (Å²) >= 11 is 0. The molecule has 6 nitrogen and oxygen atoms in total. The summed E-state index contributed by atoms with van der Waals surface area (Å²) in [5.74, 6) is -0.0488. The molecule has 1 heterocycles. The molecule has 0 aliphatic carbocycles. The molecule has 0 saturated carbocycles. The summed E-state index contributed by atoms with van der Waals surface area (Å²) < 4.78 is 5.08. The summed E-state index contributed by atoms with van der Waals surface area (Å²) in [6, 6.07) is 7.07. The number of hydrogen-bond donors (Lipinski definition) is 1. The fourth-order valence-corrected chi connectivity index (χ4v) is 2.34. The van der Waals surface area contributed by atoms with Gasteiger partial charge in [0.05, 0.1) is 13.5 Å². The van der Waals surface area contributed by atoms with Crippen LogP contribution < -0.4 is 4.74 Å². The number of aliphatic carboxylic acids is 1. The second-order valence-electron chi connectivity index (χ2n) is 5.01. The molecular formula is C15H20N2O4. The molecule has 1 N–H and O–H groups in total. The van der Waals surface area contributed by atoms with Gasteiger partial charge in [0.1, 0.15) is 5.75 Å². The van der Waals surface area contributed by atoms with Crippen molar-refractivity contribution in [1.29, 1.82) is 0 Å². The number of carbonyl (C=O) groups excluding carboxylic acids is 1. The molecule has 0 aromatic heterocycles. The standard InChI is InChI=1S/C15H20N2O4/c1-21-13-4-2-12(3-5-13)15(20)17-10-8-16(9-11-17)7-6-14(18)19/h2-5H,6-11H2,1H3,(H,18,19). The van der Waals surface area contributed by atoms with E-state index in [1.165, 1.54) is 0 Å². The highest BCUT2D eigenvalue weighted by atomic mass is 16.5. The van der Waals surface area contributed by atoms with E-state index in [-0.39, 0.29) is 12.3 Å². The molecule has 1 saturated heterocycles. The fraction of sp³-hybridized carbons (Fsp3) is 0.467. The first-order valence-corrected chi connectivity index (χ1v) is 6.97. The van der Waals surface area contributed by atoms with Gasteiger partial charge in [-0.1, -0.05) is 0 Å². The van der Waals surface area contributed by atoms with Crippen molar-refractivity contribution in [3.8, 4) is 5.75 Å². The van der Waals surface area contributed by atoms with E-state index in [4.69, 9.17) is 9.84 Å². The van der Waals surface area contributed by atoms with E-state index in [1.54, 1.807) is 36.3 Å². The zero-order valence-electron chi connectivity index (χ0n) is 12.1. The van der Waals surface area contributed by atoms with Gasteiger partial charge >= 0.3 is 5.97 Å². The zero-order valence-corrected chi connectivity index (χ0v) is 12.1. The van der Waals surface area contributed by atoms with Gasteiger partial charge < -0.3 is 14.7 Å². The van der Waals surface area contributed by atoms with Gasteiger partial charge in [0.15, 0.2) is 0 Å². The predicted molar refractivity (Wildman–Crippen MR) is 77.6 cm³/mol. The minimum Gasteiger partial charge on any atom is -0.497 e. The monoisotopic (exact) mass is 292 g/mol. The Kier molecular flexibility index (Phi) is 5.16. The van der Waals surface area contributed by atoms with Crippen LogP contribution in [0.15, 0.2) is 24.3 Å². The molecule has 0 unspecified atom stereocenters. The van der Waals surface area contributed by atoms with Crippen LogP contribution in [0.5, 0.6) is 5.75 Å². The molecule has 1 aliphatic rings. The minimum atomic E-state index is -0.785. The van der Waals surface area contributed by atoms with Gasteiger partial charge in [0, 0.05) is 38.3 Å². The third kappa shape index (κ3) is 4.19. The average Bonchev–Trinajstić information content (AvgIpc) is 2.53. The second-order valence-corrected chi connectivity index (χ2v) is 5.01. The lowest BCUT2D eigenvalue weighted by molar-refractivity contribution is -0.137. The Morgan fingerprint density at radius 3 is 2.29 bits per heavy atom. The predicted octanol–water partition coefficient (Wildman–Crippen LogP) is 0.928. The molecule has 0 radical (unpaired) electrons. The van der Waals surface area contributed by atoms with Crippen molar-refractivity contribution in [1.82, 2.24) is 9.80 Å². The van der Waals surface area contributed by atoms with Gasteiger partial charge in [0.2, 0.25) is 0 Å². The average molecular weight is 292 g/mol. The number of hydrogen-bond acceptors (Lipinski definition) is 4. The highest BCUT2D eigenvalue weighted by Crippen LogP contribution is 2.14. The molecule has 1 aromatic rings. The summed E-state index contributed by atoms with van der Waals surface area (Å²) in [6.07, 6.45) is 0.145. The topological polar surface area (TPSA) is 70.1 Å². The lowest BCUT2D eigenvalue weighted by Crippen LogP contribution is -2.49. The van der Waals surface area contributed by atoms with Crippen LogP contribution in [0.1, 0.15) is 16.8 Å². The number of carboxylic acids is 1. The molecule has 1 amide bonds. The van der Waals surface area contributed by atoms with Crippen LogP contribution in [0.25, 0.3) is 0 Å². The molecule has 1 aromatic carbocycles. The SMILES string of the molecule is COc1ccc(C(=O)N2CCN(CCC(=O)O)CC2)cc1. The number of nitrogens with zero attached hydrogens (tertiary/aromatic N) is 2. The van der Waals surface area contributed by atoms with E-state index in [0.717, 1.165) is 18.8 Å². The molecule has 1 fully saturated rings. The molecule has 0 atom stereocenters. The van der Waals surface area contributed by atoms with Crippen LogP contribution >= 0.6 is 0 Å². The van der Waals surface area contributed by atoms with Crippen LogP contribution in [-0.4, -0.2) is 66.6 Å². The fourth-order valence-electron chi connectivity index (χ4n) is 2.34. The molecule has 2 rings (SSSR count). The zero-order chi connectivity index (χ0) is 15.2. The van der Waals surface area contributed by atoms with Gasteiger partial charge in [-0.2, -0.15) is 0 Å². The molecular weight excluding hydrogens is 272 g/mol. The first kappa shape index (κ1) is 15.3. The van der Waals surface area contributed by atoms with Gasteiger partial charge in [-0.15, -0.1) is 0 Å². The number of rotatable bonds is 5. The largest absolute Gasteiger partial charge is 0.497 e.